The van der Waals surface area contributed by atoms with Gasteiger partial charge in [0.25, 0.3) is 0 Å². The van der Waals surface area contributed by atoms with Crippen LogP contribution in [0.25, 0.3) is 0 Å². The molecule has 0 unspecified atom stereocenters. The minimum atomic E-state index is 0.148. The second-order valence-electron chi connectivity index (χ2n) is 3.95. The monoisotopic (exact) mass is 205 g/mol. The Balaban J connectivity index is 3.70. The Morgan fingerprint density at radius 2 is 1.92 bits per heavy atom. The molecule has 80 valence electrons. The molecule has 0 amide bonds. The van der Waals surface area contributed by atoms with Crippen LogP contribution in [0.3, 0.4) is 0 Å². The van der Waals surface area contributed by atoms with Crippen molar-refractivity contribution in [2.45, 2.75) is 25.4 Å². The van der Waals surface area contributed by atoms with Gasteiger partial charge >= 0.3 is 0 Å². The van der Waals surface area contributed by atoms with Gasteiger partial charge in [0.2, 0.25) is 0 Å². The van der Waals surface area contributed by atoms with Crippen LogP contribution in [0.4, 0.5) is 0 Å². The van der Waals surface area contributed by atoms with Gasteiger partial charge in [0.05, 0.1) is 0 Å². The van der Waals surface area contributed by atoms with E-state index in [1.165, 1.54) is 0 Å². The summed E-state index contributed by atoms with van der Waals surface area (Å²) in [5.74, 6) is 0.862. The predicted octanol–water partition coefficient (Wildman–Crippen LogP) is 0.0918. The minimum absolute atomic E-state index is 0.148. The van der Waals surface area contributed by atoms with Crippen LogP contribution >= 0.6 is 12.6 Å². The highest BCUT2D eigenvalue weighted by atomic mass is 32.1. The molecule has 0 fully saturated rings. The first-order valence-corrected chi connectivity index (χ1v) is 5.36. The lowest BCUT2D eigenvalue weighted by Crippen LogP contribution is -2.50. The number of rotatable bonds is 7. The molecule has 4 heteroatoms. The highest BCUT2D eigenvalue weighted by molar-refractivity contribution is 7.80. The summed E-state index contributed by atoms with van der Waals surface area (Å²) in [6.07, 6.45) is 0. The lowest BCUT2D eigenvalue weighted by Gasteiger charge is -2.27. The lowest BCUT2D eigenvalue weighted by molar-refractivity contribution is 0.371. The average Bonchev–Trinajstić information content (AvgIpc) is 2.12. The van der Waals surface area contributed by atoms with E-state index in [2.05, 4.69) is 42.4 Å². The van der Waals surface area contributed by atoms with Gasteiger partial charge in [0.15, 0.2) is 0 Å². The van der Waals surface area contributed by atoms with Crippen molar-refractivity contribution in [1.82, 2.24) is 16.0 Å². The molecule has 0 aliphatic carbocycles. The molecule has 13 heavy (non-hydrogen) atoms. The molecule has 0 rings (SSSR count). The number of likely N-dealkylation sites (N-methyl/N-ethyl adjacent to an activating group) is 2. The molecule has 0 aromatic rings. The summed E-state index contributed by atoms with van der Waals surface area (Å²) >= 11 is 4.29. The maximum absolute atomic E-state index is 4.29. The molecule has 0 spiro atoms. The van der Waals surface area contributed by atoms with E-state index in [0.29, 0.717) is 6.04 Å². The Kier molecular flexibility index (Phi) is 6.77. The molecule has 3 N–H and O–H groups in total. The zero-order valence-electron chi connectivity index (χ0n) is 9.15. The Morgan fingerprint density at radius 1 is 1.31 bits per heavy atom. The Hall–Kier alpha value is 0.230. The van der Waals surface area contributed by atoms with Crippen LogP contribution in [0.15, 0.2) is 0 Å². The average molecular weight is 205 g/mol. The van der Waals surface area contributed by atoms with Crippen molar-refractivity contribution in [2.24, 2.45) is 0 Å². The van der Waals surface area contributed by atoms with Crippen molar-refractivity contribution in [3.8, 4) is 0 Å². The van der Waals surface area contributed by atoms with Crippen LogP contribution in [0, 0.1) is 0 Å². The third-order valence-corrected chi connectivity index (χ3v) is 2.62. The molecule has 3 nitrogen and oxygen atoms in total. The van der Waals surface area contributed by atoms with E-state index < -0.39 is 0 Å². The lowest BCUT2D eigenvalue weighted by atomic mass is 10.1. The fourth-order valence-electron chi connectivity index (χ4n) is 0.936. The van der Waals surface area contributed by atoms with Crippen LogP contribution in [0.2, 0.25) is 0 Å². The van der Waals surface area contributed by atoms with E-state index >= 15 is 0 Å². The van der Waals surface area contributed by atoms with E-state index in [4.69, 9.17) is 0 Å². The summed E-state index contributed by atoms with van der Waals surface area (Å²) in [4.78, 5) is 0. The SMILES string of the molecule is CNC[C@@H](CS)NCC(C)(C)NC. The van der Waals surface area contributed by atoms with Crippen LogP contribution in [-0.4, -0.2) is 44.5 Å². The van der Waals surface area contributed by atoms with Crippen LogP contribution in [0.5, 0.6) is 0 Å². The fourth-order valence-corrected chi connectivity index (χ4v) is 1.19. The quantitative estimate of drug-likeness (QED) is 0.445. The van der Waals surface area contributed by atoms with Gasteiger partial charge in [-0.3, -0.25) is 0 Å². The molecule has 0 bridgehead atoms. The molecular formula is C9H23N3S. The molecule has 0 saturated carbocycles. The molecule has 0 saturated heterocycles. The third-order valence-electron chi connectivity index (χ3n) is 2.18. The summed E-state index contributed by atoms with van der Waals surface area (Å²) in [6.45, 7) is 6.27. The van der Waals surface area contributed by atoms with Gasteiger partial charge in [-0.15, -0.1) is 0 Å². The molecule has 1 atom stereocenters. The topological polar surface area (TPSA) is 36.1 Å². The van der Waals surface area contributed by atoms with E-state index in [0.717, 1.165) is 18.8 Å². The first-order chi connectivity index (χ1) is 6.05. The van der Waals surface area contributed by atoms with Gasteiger partial charge in [-0.2, -0.15) is 12.6 Å². The summed E-state index contributed by atoms with van der Waals surface area (Å²) in [6, 6.07) is 0.445. The number of thiol groups is 1. The summed E-state index contributed by atoms with van der Waals surface area (Å²) in [5.41, 5.74) is 0.148. The highest BCUT2D eigenvalue weighted by Gasteiger charge is 2.15. The Morgan fingerprint density at radius 3 is 2.31 bits per heavy atom. The fraction of sp³-hybridized carbons (Fsp3) is 1.00. The smallest absolute Gasteiger partial charge is 0.0281 e. The number of hydrogen-bond donors (Lipinski definition) is 4. The second-order valence-corrected chi connectivity index (χ2v) is 4.32. The zero-order valence-corrected chi connectivity index (χ0v) is 10.0. The Labute approximate surface area is 87.5 Å². The van der Waals surface area contributed by atoms with Crippen molar-refractivity contribution >= 4 is 12.6 Å². The molecule has 0 heterocycles. The molecule has 0 aliphatic rings. The zero-order chi connectivity index (χ0) is 10.3. The van der Waals surface area contributed by atoms with E-state index in [1.54, 1.807) is 0 Å². The maximum Gasteiger partial charge on any atom is 0.0281 e. The molecule has 0 aliphatic heterocycles. The van der Waals surface area contributed by atoms with E-state index in [9.17, 15) is 0 Å². The van der Waals surface area contributed by atoms with Crippen LogP contribution in [-0.2, 0) is 0 Å². The first kappa shape index (κ1) is 13.2. The number of hydrogen-bond acceptors (Lipinski definition) is 4. The van der Waals surface area contributed by atoms with Gasteiger partial charge in [-0.25, -0.2) is 0 Å². The van der Waals surface area contributed by atoms with Gasteiger partial charge in [-0.05, 0) is 27.9 Å². The van der Waals surface area contributed by atoms with Crippen molar-refractivity contribution < 1.29 is 0 Å². The van der Waals surface area contributed by atoms with Gasteiger partial charge < -0.3 is 16.0 Å². The third kappa shape index (κ3) is 6.32. The van der Waals surface area contributed by atoms with Gasteiger partial charge in [0, 0.05) is 30.4 Å². The summed E-state index contributed by atoms with van der Waals surface area (Å²) < 4.78 is 0. The maximum atomic E-state index is 4.29. The normalized spacial score (nSPS) is 14.5. The van der Waals surface area contributed by atoms with Crippen LogP contribution in [0.1, 0.15) is 13.8 Å². The second kappa shape index (κ2) is 6.65. The molecular weight excluding hydrogens is 182 g/mol. The number of nitrogens with one attached hydrogen (secondary N) is 3. The summed E-state index contributed by atoms with van der Waals surface area (Å²) in [7, 11) is 3.94. The standard InChI is InChI=1S/C9H23N3S/c1-9(2,11-4)7-12-8(6-13)5-10-3/h8,10-13H,5-7H2,1-4H3/t8-/m0/s1. The highest BCUT2D eigenvalue weighted by Crippen LogP contribution is 1.98. The van der Waals surface area contributed by atoms with E-state index in [-0.39, 0.29) is 5.54 Å². The Bertz CT molecular complexity index is 128. The van der Waals surface area contributed by atoms with Crippen LogP contribution < -0.4 is 16.0 Å². The van der Waals surface area contributed by atoms with E-state index in [1.807, 2.05) is 14.1 Å². The molecule has 0 aromatic heterocycles. The first-order valence-electron chi connectivity index (χ1n) is 4.73. The largest absolute Gasteiger partial charge is 0.318 e. The van der Waals surface area contributed by atoms with Crippen molar-refractivity contribution in [3.63, 3.8) is 0 Å². The predicted molar refractivity (Wildman–Crippen MR) is 62.7 cm³/mol. The van der Waals surface area contributed by atoms with Crippen molar-refractivity contribution in [1.29, 1.82) is 0 Å². The minimum Gasteiger partial charge on any atom is -0.318 e. The molecule has 0 radical (unpaired) electrons. The molecule has 0 aromatic carbocycles. The van der Waals surface area contributed by atoms with Gasteiger partial charge in [0.1, 0.15) is 0 Å². The van der Waals surface area contributed by atoms with Gasteiger partial charge in [-0.1, -0.05) is 0 Å². The van der Waals surface area contributed by atoms with Crippen molar-refractivity contribution in [3.05, 3.63) is 0 Å². The van der Waals surface area contributed by atoms with Crippen molar-refractivity contribution in [2.75, 3.05) is 32.9 Å². The summed E-state index contributed by atoms with van der Waals surface area (Å²) in [5, 5.41) is 9.86.